The maximum atomic E-state index is 13.1. The van der Waals surface area contributed by atoms with Crippen LogP contribution in [0.25, 0.3) is 10.8 Å². The summed E-state index contributed by atoms with van der Waals surface area (Å²) in [7, 11) is -2.12. The van der Waals surface area contributed by atoms with Gasteiger partial charge in [0.15, 0.2) is 0 Å². The third-order valence-electron chi connectivity index (χ3n) is 5.74. The standard InChI is InChI=1S/C25H28N2O5S/c1-25(2)15-21(20-13-12-18(31-3)14-23(20)32-25)26-24(28)16-27(33(4,29)30)22-11-7-9-17-8-5-6-10-19(17)22/h5-14,21H,15-16H2,1-4H3,(H,26,28). The molecule has 7 nitrogen and oxygen atoms in total. The Bertz CT molecular complexity index is 1300. The number of rotatable bonds is 6. The van der Waals surface area contributed by atoms with Crippen LogP contribution in [0.5, 0.6) is 11.5 Å². The first-order valence-corrected chi connectivity index (χ1v) is 12.5. The molecule has 3 aromatic rings. The highest BCUT2D eigenvalue weighted by atomic mass is 32.2. The van der Waals surface area contributed by atoms with E-state index in [9.17, 15) is 13.2 Å². The Balaban J connectivity index is 1.63. The van der Waals surface area contributed by atoms with Gasteiger partial charge in [0.1, 0.15) is 23.6 Å². The molecule has 0 fully saturated rings. The predicted molar refractivity (Wildman–Crippen MR) is 129 cm³/mol. The van der Waals surface area contributed by atoms with Crippen LogP contribution < -0.4 is 19.1 Å². The second-order valence-corrected chi connectivity index (χ2v) is 10.8. The van der Waals surface area contributed by atoms with Crippen LogP contribution >= 0.6 is 0 Å². The van der Waals surface area contributed by atoms with Crippen molar-refractivity contribution in [1.29, 1.82) is 0 Å². The lowest BCUT2D eigenvalue weighted by molar-refractivity contribution is -0.120. The Morgan fingerprint density at radius 3 is 2.61 bits per heavy atom. The quantitative estimate of drug-likeness (QED) is 0.590. The Hall–Kier alpha value is -3.26. The van der Waals surface area contributed by atoms with E-state index in [2.05, 4.69) is 5.32 Å². The zero-order chi connectivity index (χ0) is 23.8. The van der Waals surface area contributed by atoms with Crippen LogP contribution in [0.4, 0.5) is 5.69 Å². The zero-order valence-electron chi connectivity index (χ0n) is 19.2. The van der Waals surface area contributed by atoms with Gasteiger partial charge in [-0.15, -0.1) is 0 Å². The van der Waals surface area contributed by atoms with E-state index in [4.69, 9.17) is 9.47 Å². The van der Waals surface area contributed by atoms with Gasteiger partial charge < -0.3 is 14.8 Å². The summed E-state index contributed by atoms with van der Waals surface area (Å²) >= 11 is 0. The smallest absolute Gasteiger partial charge is 0.241 e. The summed E-state index contributed by atoms with van der Waals surface area (Å²) in [5.74, 6) is 0.915. The fraction of sp³-hybridized carbons (Fsp3) is 0.320. The van der Waals surface area contributed by atoms with Crippen LogP contribution in [-0.2, 0) is 14.8 Å². The SMILES string of the molecule is COc1ccc2c(c1)OC(C)(C)CC2NC(=O)CN(c1cccc2ccccc12)S(C)(=O)=O. The number of hydrogen-bond acceptors (Lipinski definition) is 5. The van der Waals surface area contributed by atoms with E-state index in [1.165, 1.54) is 0 Å². The van der Waals surface area contributed by atoms with E-state index in [0.29, 0.717) is 23.6 Å². The van der Waals surface area contributed by atoms with Crippen LogP contribution in [0.15, 0.2) is 60.7 Å². The van der Waals surface area contributed by atoms with Gasteiger partial charge in [0.05, 0.1) is 25.1 Å². The lowest BCUT2D eigenvalue weighted by atomic mass is 9.89. The van der Waals surface area contributed by atoms with E-state index in [-0.39, 0.29) is 12.6 Å². The Kier molecular flexibility index (Phi) is 5.97. The van der Waals surface area contributed by atoms with Gasteiger partial charge in [0.2, 0.25) is 15.9 Å². The van der Waals surface area contributed by atoms with Gasteiger partial charge in [0, 0.05) is 23.4 Å². The molecule has 174 valence electrons. The molecule has 0 saturated heterocycles. The molecule has 0 spiro atoms. The highest BCUT2D eigenvalue weighted by Crippen LogP contribution is 2.41. The molecule has 3 aromatic carbocycles. The maximum Gasteiger partial charge on any atom is 0.241 e. The fourth-order valence-corrected chi connectivity index (χ4v) is 5.13. The van der Waals surface area contributed by atoms with E-state index in [1.807, 2.05) is 56.3 Å². The highest BCUT2D eigenvalue weighted by Gasteiger charge is 2.35. The van der Waals surface area contributed by atoms with Gasteiger partial charge in [-0.25, -0.2) is 8.42 Å². The third-order valence-corrected chi connectivity index (χ3v) is 6.86. The van der Waals surface area contributed by atoms with E-state index in [0.717, 1.165) is 26.9 Å². The first-order chi connectivity index (χ1) is 15.6. The van der Waals surface area contributed by atoms with Crippen molar-refractivity contribution in [2.24, 2.45) is 0 Å². The first kappa shape index (κ1) is 22.9. The number of anilines is 1. The summed E-state index contributed by atoms with van der Waals surface area (Å²) in [5.41, 5.74) is 0.798. The summed E-state index contributed by atoms with van der Waals surface area (Å²) in [5, 5.41) is 4.69. The normalized spacial score (nSPS) is 17.0. The number of carbonyl (C=O) groups is 1. The number of benzene rings is 3. The lowest BCUT2D eigenvalue weighted by Crippen LogP contribution is -2.45. The van der Waals surface area contributed by atoms with Crippen LogP contribution in [-0.4, -0.2) is 39.8 Å². The van der Waals surface area contributed by atoms with Crippen LogP contribution in [0, 0.1) is 0 Å². The third kappa shape index (κ3) is 4.90. The molecule has 1 N–H and O–H groups in total. The number of methoxy groups -OCH3 is 1. The molecule has 1 heterocycles. The van der Waals surface area contributed by atoms with Crippen molar-refractivity contribution in [3.8, 4) is 11.5 Å². The van der Waals surface area contributed by atoms with Gasteiger partial charge in [0.25, 0.3) is 0 Å². The minimum absolute atomic E-state index is 0.323. The van der Waals surface area contributed by atoms with Gasteiger partial charge in [-0.1, -0.05) is 36.4 Å². The van der Waals surface area contributed by atoms with Crippen molar-refractivity contribution in [2.75, 3.05) is 24.2 Å². The Morgan fingerprint density at radius 1 is 1.15 bits per heavy atom. The largest absolute Gasteiger partial charge is 0.497 e. The summed E-state index contributed by atoms with van der Waals surface area (Å²) in [4.78, 5) is 13.1. The van der Waals surface area contributed by atoms with E-state index >= 15 is 0 Å². The van der Waals surface area contributed by atoms with Gasteiger partial charge >= 0.3 is 0 Å². The molecular formula is C25H28N2O5S. The predicted octanol–water partition coefficient (Wildman–Crippen LogP) is 4.03. The summed E-state index contributed by atoms with van der Waals surface area (Å²) in [6.07, 6.45) is 1.66. The minimum atomic E-state index is -3.71. The fourth-order valence-electron chi connectivity index (χ4n) is 4.26. The molecule has 0 aliphatic carbocycles. The van der Waals surface area contributed by atoms with E-state index in [1.54, 1.807) is 25.3 Å². The molecule has 4 rings (SSSR count). The summed E-state index contributed by atoms with van der Waals surface area (Å²) in [6, 6.07) is 18.1. The monoisotopic (exact) mass is 468 g/mol. The molecule has 1 aliphatic rings. The van der Waals surface area contributed by atoms with Crippen molar-refractivity contribution in [1.82, 2.24) is 5.32 Å². The molecular weight excluding hydrogens is 440 g/mol. The zero-order valence-corrected chi connectivity index (χ0v) is 20.0. The van der Waals surface area contributed by atoms with Gasteiger partial charge in [-0.3, -0.25) is 9.10 Å². The number of hydrogen-bond donors (Lipinski definition) is 1. The van der Waals surface area contributed by atoms with Crippen molar-refractivity contribution in [3.05, 3.63) is 66.2 Å². The number of amides is 1. The second-order valence-electron chi connectivity index (χ2n) is 8.86. The van der Waals surface area contributed by atoms with Crippen LogP contribution in [0.2, 0.25) is 0 Å². The number of nitrogens with zero attached hydrogens (tertiary/aromatic N) is 1. The molecule has 1 atom stereocenters. The maximum absolute atomic E-state index is 13.1. The number of nitrogens with one attached hydrogen (secondary N) is 1. The molecule has 0 aromatic heterocycles. The lowest BCUT2D eigenvalue weighted by Gasteiger charge is -2.38. The van der Waals surface area contributed by atoms with Crippen molar-refractivity contribution in [2.45, 2.75) is 31.9 Å². The average molecular weight is 469 g/mol. The Morgan fingerprint density at radius 2 is 1.88 bits per heavy atom. The molecule has 0 saturated carbocycles. The van der Waals surface area contributed by atoms with Crippen molar-refractivity contribution < 1.29 is 22.7 Å². The van der Waals surface area contributed by atoms with Crippen LogP contribution in [0.1, 0.15) is 31.9 Å². The summed E-state index contributed by atoms with van der Waals surface area (Å²) in [6.45, 7) is 3.58. The molecule has 1 unspecified atom stereocenters. The van der Waals surface area contributed by atoms with Gasteiger partial charge in [-0.05, 0) is 37.4 Å². The first-order valence-electron chi connectivity index (χ1n) is 10.7. The molecule has 0 bridgehead atoms. The number of carbonyl (C=O) groups excluding carboxylic acids is 1. The van der Waals surface area contributed by atoms with Crippen molar-refractivity contribution in [3.63, 3.8) is 0 Å². The molecule has 1 amide bonds. The minimum Gasteiger partial charge on any atom is -0.497 e. The van der Waals surface area contributed by atoms with Crippen LogP contribution in [0.3, 0.4) is 0 Å². The van der Waals surface area contributed by atoms with Gasteiger partial charge in [-0.2, -0.15) is 0 Å². The van der Waals surface area contributed by atoms with E-state index < -0.39 is 21.5 Å². The molecule has 1 aliphatic heterocycles. The number of ether oxygens (including phenoxy) is 2. The average Bonchev–Trinajstić information content (AvgIpc) is 2.75. The number of sulfonamides is 1. The molecule has 33 heavy (non-hydrogen) atoms. The molecule has 0 radical (unpaired) electrons. The Labute approximate surface area is 194 Å². The van der Waals surface area contributed by atoms with Crippen molar-refractivity contribution >= 4 is 32.4 Å². The second kappa shape index (κ2) is 8.59. The molecule has 8 heteroatoms. The topological polar surface area (TPSA) is 84.9 Å². The summed E-state index contributed by atoms with van der Waals surface area (Å²) < 4.78 is 37.9. The number of fused-ring (bicyclic) bond motifs is 2. The highest BCUT2D eigenvalue weighted by molar-refractivity contribution is 7.92.